The molecule has 4 heteroatoms. The fraction of sp³-hybridized carbons (Fsp3) is 0.458. The number of carbonyl (C=O) groups is 1. The molecule has 0 saturated heterocycles. The smallest absolute Gasteiger partial charge is 0.224 e. The van der Waals surface area contributed by atoms with Gasteiger partial charge in [0.2, 0.25) is 5.91 Å². The third-order valence-electron chi connectivity index (χ3n) is 4.45. The van der Waals surface area contributed by atoms with E-state index in [0.717, 1.165) is 30.0 Å². The van der Waals surface area contributed by atoms with E-state index in [1.807, 2.05) is 36.4 Å². The molecule has 2 rings (SSSR count). The fourth-order valence-electron chi connectivity index (χ4n) is 2.71. The highest BCUT2D eigenvalue weighted by molar-refractivity contribution is 5.92. The van der Waals surface area contributed by atoms with E-state index in [0.29, 0.717) is 26.1 Å². The summed E-state index contributed by atoms with van der Waals surface area (Å²) in [5.74, 6) is 1.53. The molecule has 0 aliphatic carbocycles. The summed E-state index contributed by atoms with van der Waals surface area (Å²) in [7, 11) is 0. The van der Waals surface area contributed by atoms with Crippen molar-refractivity contribution in [1.29, 1.82) is 0 Å². The first-order chi connectivity index (χ1) is 13.4. The molecule has 0 atom stereocenters. The summed E-state index contributed by atoms with van der Waals surface area (Å²) in [4.78, 5) is 12.2. The normalized spacial score (nSPS) is 11.1. The Morgan fingerprint density at radius 3 is 2.29 bits per heavy atom. The number of para-hydroxylation sites is 2. The van der Waals surface area contributed by atoms with Crippen molar-refractivity contribution in [2.24, 2.45) is 0 Å². The lowest BCUT2D eigenvalue weighted by atomic mass is 9.87. The van der Waals surface area contributed by atoms with Gasteiger partial charge in [-0.3, -0.25) is 4.79 Å². The van der Waals surface area contributed by atoms with Crippen molar-refractivity contribution in [2.45, 2.75) is 58.8 Å². The van der Waals surface area contributed by atoms with Crippen LogP contribution in [0.1, 0.15) is 58.9 Å². The lowest BCUT2D eigenvalue weighted by Crippen LogP contribution is -2.14. The summed E-state index contributed by atoms with van der Waals surface area (Å²) in [5, 5.41) is 2.94. The van der Waals surface area contributed by atoms with Crippen molar-refractivity contribution in [2.75, 3.05) is 18.5 Å². The van der Waals surface area contributed by atoms with Crippen LogP contribution in [0.4, 0.5) is 5.69 Å². The van der Waals surface area contributed by atoms with E-state index in [4.69, 9.17) is 9.47 Å². The maximum atomic E-state index is 12.2. The lowest BCUT2D eigenvalue weighted by molar-refractivity contribution is -0.116. The summed E-state index contributed by atoms with van der Waals surface area (Å²) >= 11 is 0. The van der Waals surface area contributed by atoms with Crippen LogP contribution in [-0.2, 0) is 10.2 Å². The van der Waals surface area contributed by atoms with Crippen molar-refractivity contribution in [3.05, 3.63) is 54.1 Å². The molecule has 0 spiro atoms. The first-order valence-corrected chi connectivity index (χ1v) is 10.1. The van der Waals surface area contributed by atoms with Crippen molar-refractivity contribution in [3.63, 3.8) is 0 Å². The SMILES string of the molecule is CCCCOc1ccccc1NC(=O)CCCOc1ccc(C(C)(C)C)cc1. The van der Waals surface area contributed by atoms with Crippen LogP contribution < -0.4 is 14.8 Å². The molecule has 152 valence electrons. The summed E-state index contributed by atoms with van der Waals surface area (Å²) < 4.78 is 11.5. The van der Waals surface area contributed by atoms with Crippen LogP contribution in [0.25, 0.3) is 0 Å². The van der Waals surface area contributed by atoms with E-state index in [-0.39, 0.29) is 11.3 Å². The van der Waals surface area contributed by atoms with E-state index >= 15 is 0 Å². The van der Waals surface area contributed by atoms with Gasteiger partial charge in [-0.25, -0.2) is 0 Å². The number of amides is 1. The molecular weight excluding hydrogens is 350 g/mol. The van der Waals surface area contributed by atoms with Gasteiger partial charge in [-0.1, -0.05) is 58.4 Å². The fourth-order valence-corrected chi connectivity index (χ4v) is 2.71. The van der Waals surface area contributed by atoms with Crippen LogP contribution in [0, 0.1) is 0 Å². The monoisotopic (exact) mass is 383 g/mol. The molecule has 4 nitrogen and oxygen atoms in total. The number of ether oxygens (including phenoxy) is 2. The first kappa shape index (κ1) is 21.8. The molecule has 0 aliphatic heterocycles. The van der Waals surface area contributed by atoms with Gasteiger partial charge in [-0.2, -0.15) is 0 Å². The average molecular weight is 384 g/mol. The molecule has 1 amide bonds. The Kier molecular flexibility index (Phi) is 8.37. The minimum Gasteiger partial charge on any atom is -0.494 e. The van der Waals surface area contributed by atoms with Crippen LogP contribution in [0.15, 0.2) is 48.5 Å². The standard InChI is InChI=1S/C24H33NO3/c1-5-6-17-28-22-11-8-7-10-21(22)25-23(26)12-9-18-27-20-15-13-19(14-16-20)24(2,3)4/h7-8,10-11,13-16H,5-6,9,12,17-18H2,1-4H3,(H,25,26). The van der Waals surface area contributed by atoms with Crippen LogP contribution in [0.3, 0.4) is 0 Å². The number of unbranched alkanes of at least 4 members (excludes halogenated alkanes) is 1. The highest BCUT2D eigenvalue weighted by Gasteiger charge is 2.13. The topological polar surface area (TPSA) is 47.6 Å². The van der Waals surface area contributed by atoms with E-state index in [1.165, 1.54) is 5.56 Å². The number of hydrogen-bond acceptors (Lipinski definition) is 3. The van der Waals surface area contributed by atoms with E-state index in [9.17, 15) is 4.79 Å². The number of carbonyl (C=O) groups excluding carboxylic acids is 1. The molecule has 0 heterocycles. The Balaban J connectivity index is 1.74. The first-order valence-electron chi connectivity index (χ1n) is 10.1. The quantitative estimate of drug-likeness (QED) is 0.515. The van der Waals surface area contributed by atoms with E-state index in [1.54, 1.807) is 0 Å². The van der Waals surface area contributed by atoms with E-state index < -0.39 is 0 Å². The second-order valence-corrected chi connectivity index (χ2v) is 7.97. The molecule has 2 aromatic carbocycles. The predicted molar refractivity (Wildman–Crippen MR) is 115 cm³/mol. The Morgan fingerprint density at radius 1 is 0.929 bits per heavy atom. The molecule has 0 unspecified atom stereocenters. The van der Waals surface area contributed by atoms with Crippen molar-refractivity contribution in [3.8, 4) is 11.5 Å². The molecule has 0 aromatic heterocycles. The highest BCUT2D eigenvalue weighted by Crippen LogP contribution is 2.25. The molecular formula is C24H33NO3. The van der Waals surface area contributed by atoms with Crippen LogP contribution in [-0.4, -0.2) is 19.1 Å². The van der Waals surface area contributed by atoms with Crippen molar-refractivity contribution in [1.82, 2.24) is 0 Å². The van der Waals surface area contributed by atoms with E-state index in [2.05, 4.69) is 45.1 Å². The van der Waals surface area contributed by atoms with Gasteiger partial charge in [0.1, 0.15) is 11.5 Å². The third kappa shape index (κ3) is 7.26. The predicted octanol–water partition coefficient (Wildman–Crippen LogP) is 5.96. The molecule has 0 fully saturated rings. The third-order valence-corrected chi connectivity index (χ3v) is 4.45. The Morgan fingerprint density at radius 2 is 1.61 bits per heavy atom. The molecule has 0 aliphatic rings. The van der Waals surface area contributed by atoms with Crippen LogP contribution in [0.2, 0.25) is 0 Å². The number of benzene rings is 2. The van der Waals surface area contributed by atoms with Gasteiger partial charge in [-0.05, 0) is 48.1 Å². The second kappa shape index (κ2) is 10.7. The summed E-state index contributed by atoms with van der Waals surface area (Å²) in [6, 6.07) is 15.7. The van der Waals surface area contributed by atoms with Gasteiger partial charge in [0, 0.05) is 6.42 Å². The molecule has 2 aromatic rings. The number of nitrogens with one attached hydrogen (secondary N) is 1. The number of rotatable bonds is 10. The molecule has 0 bridgehead atoms. The molecule has 28 heavy (non-hydrogen) atoms. The molecule has 0 saturated carbocycles. The summed E-state index contributed by atoms with van der Waals surface area (Å²) in [5.41, 5.74) is 2.13. The Labute approximate surface area is 169 Å². The van der Waals surface area contributed by atoms with Crippen molar-refractivity contribution < 1.29 is 14.3 Å². The maximum absolute atomic E-state index is 12.2. The molecule has 1 N–H and O–H groups in total. The lowest BCUT2D eigenvalue weighted by Gasteiger charge is -2.19. The Bertz CT molecular complexity index is 732. The van der Waals surface area contributed by atoms with Gasteiger partial charge in [0.25, 0.3) is 0 Å². The summed E-state index contributed by atoms with van der Waals surface area (Å²) in [6.45, 7) is 9.86. The average Bonchev–Trinajstić information content (AvgIpc) is 2.66. The van der Waals surface area contributed by atoms with Crippen LogP contribution in [0.5, 0.6) is 11.5 Å². The Hall–Kier alpha value is -2.49. The van der Waals surface area contributed by atoms with Gasteiger partial charge >= 0.3 is 0 Å². The minimum atomic E-state index is -0.0294. The second-order valence-electron chi connectivity index (χ2n) is 7.97. The summed E-state index contributed by atoms with van der Waals surface area (Å²) in [6.07, 6.45) is 3.14. The zero-order valence-electron chi connectivity index (χ0n) is 17.6. The van der Waals surface area contributed by atoms with Gasteiger partial charge in [0.05, 0.1) is 18.9 Å². The van der Waals surface area contributed by atoms with Gasteiger partial charge in [-0.15, -0.1) is 0 Å². The zero-order chi connectivity index (χ0) is 20.4. The van der Waals surface area contributed by atoms with Crippen molar-refractivity contribution >= 4 is 11.6 Å². The minimum absolute atomic E-state index is 0.0294. The van der Waals surface area contributed by atoms with Gasteiger partial charge < -0.3 is 14.8 Å². The largest absolute Gasteiger partial charge is 0.494 e. The molecule has 0 radical (unpaired) electrons. The van der Waals surface area contributed by atoms with Gasteiger partial charge in [0.15, 0.2) is 0 Å². The highest BCUT2D eigenvalue weighted by atomic mass is 16.5. The zero-order valence-corrected chi connectivity index (χ0v) is 17.6. The number of hydrogen-bond donors (Lipinski definition) is 1. The number of anilines is 1. The van der Waals surface area contributed by atoms with Crippen LogP contribution >= 0.6 is 0 Å². The maximum Gasteiger partial charge on any atom is 0.224 e.